The van der Waals surface area contributed by atoms with Crippen molar-refractivity contribution < 1.29 is 9.90 Å². The van der Waals surface area contributed by atoms with Gasteiger partial charge in [-0.2, -0.15) is 0 Å². The fourth-order valence-electron chi connectivity index (χ4n) is 3.28. The standard InChI is InChI=1S/C20H24N2O2.Na/c23-19(24)20(21-18-9-5-2-6-10-18)12-15-22(16-13-20)14-11-17-7-3-1-4-8-17;/h1-10,21H,11-16H2,(H,23,24);. The van der Waals surface area contributed by atoms with Crippen molar-refractivity contribution in [1.82, 2.24) is 4.90 Å². The zero-order chi connectivity index (χ0) is 16.8. The van der Waals surface area contributed by atoms with Gasteiger partial charge in [0.1, 0.15) is 5.54 Å². The molecule has 25 heavy (non-hydrogen) atoms. The molecule has 1 aliphatic heterocycles. The Balaban J connectivity index is 0.00000225. The first-order valence-corrected chi connectivity index (χ1v) is 8.51. The molecule has 0 unspecified atom stereocenters. The minimum absolute atomic E-state index is 0. The molecule has 5 heteroatoms. The maximum Gasteiger partial charge on any atom is 0.329 e. The van der Waals surface area contributed by atoms with Crippen LogP contribution in [0, 0.1) is 0 Å². The quantitative estimate of drug-likeness (QED) is 0.789. The Hall–Kier alpha value is -1.33. The molecule has 3 rings (SSSR count). The summed E-state index contributed by atoms with van der Waals surface area (Å²) >= 11 is 0. The normalized spacial score (nSPS) is 16.6. The Morgan fingerprint density at radius 1 is 1.00 bits per heavy atom. The van der Waals surface area contributed by atoms with Crippen LogP contribution in [-0.2, 0) is 11.2 Å². The number of hydrogen-bond donors (Lipinski definition) is 2. The molecule has 127 valence electrons. The van der Waals surface area contributed by atoms with Crippen LogP contribution in [0.5, 0.6) is 0 Å². The van der Waals surface area contributed by atoms with E-state index in [2.05, 4.69) is 34.5 Å². The van der Waals surface area contributed by atoms with Gasteiger partial charge in [0, 0.05) is 54.9 Å². The van der Waals surface area contributed by atoms with Crippen LogP contribution in [-0.4, -0.2) is 70.7 Å². The van der Waals surface area contributed by atoms with E-state index in [-0.39, 0.29) is 29.6 Å². The van der Waals surface area contributed by atoms with Crippen LogP contribution >= 0.6 is 0 Å². The summed E-state index contributed by atoms with van der Waals surface area (Å²) in [6.07, 6.45) is 2.24. The average Bonchev–Trinajstić information content (AvgIpc) is 2.63. The van der Waals surface area contributed by atoms with Crippen LogP contribution in [0.25, 0.3) is 0 Å². The number of anilines is 1. The first-order chi connectivity index (χ1) is 11.7. The third-order valence-electron chi connectivity index (χ3n) is 4.84. The molecule has 2 aromatic carbocycles. The number of carboxylic acid groups (broad SMARTS) is 1. The van der Waals surface area contributed by atoms with Crippen molar-refractivity contribution in [3.05, 3.63) is 66.2 Å². The third kappa shape index (κ3) is 5.32. The Morgan fingerprint density at radius 2 is 1.56 bits per heavy atom. The van der Waals surface area contributed by atoms with Crippen LogP contribution < -0.4 is 5.32 Å². The number of para-hydroxylation sites is 1. The molecule has 0 bridgehead atoms. The van der Waals surface area contributed by atoms with E-state index in [0.717, 1.165) is 31.7 Å². The van der Waals surface area contributed by atoms with Crippen molar-refractivity contribution >= 4 is 41.2 Å². The Morgan fingerprint density at radius 3 is 2.12 bits per heavy atom. The molecule has 0 aliphatic carbocycles. The molecule has 1 saturated heterocycles. The van der Waals surface area contributed by atoms with E-state index >= 15 is 0 Å². The van der Waals surface area contributed by atoms with E-state index in [1.54, 1.807) is 0 Å². The molecule has 1 aliphatic rings. The van der Waals surface area contributed by atoms with Gasteiger partial charge in [0.2, 0.25) is 0 Å². The molecular weight excluding hydrogens is 323 g/mol. The Kier molecular flexibility index (Phi) is 7.51. The molecule has 1 heterocycles. The fourth-order valence-corrected chi connectivity index (χ4v) is 3.28. The van der Waals surface area contributed by atoms with Gasteiger partial charge in [0.15, 0.2) is 0 Å². The molecule has 4 nitrogen and oxygen atoms in total. The maximum absolute atomic E-state index is 11.9. The number of rotatable bonds is 6. The smallest absolute Gasteiger partial charge is 0.329 e. The number of nitrogens with zero attached hydrogens (tertiary/aromatic N) is 1. The van der Waals surface area contributed by atoms with Gasteiger partial charge in [-0.05, 0) is 37.0 Å². The first kappa shape index (κ1) is 20.0. The second-order valence-electron chi connectivity index (χ2n) is 6.46. The summed E-state index contributed by atoms with van der Waals surface area (Å²) in [6, 6.07) is 20.1. The van der Waals surface area contributed by atoms with Crippen LogP contribution in [0.1, 0.15) is 18.4 Å². The first-order valence-electron chi connectivity index (χ1n) is 8.51. The summed E-state index contributed by atoms with van der Waals surface area (Å²) < 4.78 is 0. The van der Waals surface area contributed by atoms with E-state index in [1.165, 1.54) is 5.56 Å². The third-order valence-corrected chi connectivity index (χ3v) is 4.84. The van der Waals surface area contributed by atoms with Gasteiger partial charge < -0.3 is 15.3 Å². The van der Waals surface area contributed by atoms with Gasteiger partial charge in [-0.1, -0.05) is 48.5 Å². The number of carbonyl (C=O) groups is 1. The van der Waals surface area contributed by atoms with E-state index in [9.17, 15) is 9.90 Å². The summed E-state index contributed by atoms with van der Waals surface area (Å²) in [5.41, 5.74) is 1.34. The molecule has 0 saturated carbocycles. The van der Waals surface area contributed by atoms with Crippen molar-refractivity contribution in [2.45, 2.75) is 24.8 Å². The number of piperidine rings is 1. The van der Waals surface area contributed by atoms with E-state index in [0.29, 0.717) is 12.8 Å². The van der Waals surface area contributed by atoms with Gasteiger partial charge in [0.05, 0.1) is 0 Å². The van der Waals surface area contributed by atoms with Crippen LogP contribution in [0.2, 0.25) is 0 Å². The van der Waals surface area contributed by atoms with Crippen molar-refractivity contribution in [1.29, 1.82) is 0 Å². The van der Waals surface area contributed by atoms with Gasteiger partial charge in [0.25, 0.3) is 0 Å². The van der Waals surface area contributed by atoms with E-state index in [4.69, 9.17) is 0 Å². The second-order valence-corrected chi connectivity index (χ2v) is 6.46. The van der Waals surface area contributed by atoms with Gasteiger partial charge in [-0.15, -0.1) is 0 Å². The maximum atomic E-state index is 11.9. The van der Waals surface area contributed by atoms with Crippen molar-refractivity contribution in [3.8, 4) is 0 Å². The van der Waals surface area contributed by atoms with Crippen molar-refractivity contribution in [2.24, 2.45) is 0 Å². The zero-order valence-electron chi connectivity index (χ0n) is 14.8. The zero-order valence-corrected chi connectivity index (χ0v) is 16.8. The number of hydrogen-bond acceptors (Lipinski definition) is 3. The molecule has 0 spiro atoms. The van der Waals surface area contributed by atoms with Gasteiger partial charge >= 0.3 is 5.97 Å². The van der Waals surface area contributed by atoms with Crippen molar-refractivity contribution in [2.75, 3.05) is 25.0 Å². The van der Waals surface area contributed by atoms with Crippen LogP contribution in [0.15, 0.2) is 60.7 Å². The molecule has 2 N–H and O–H groups in total. The Labute approximate surface area is 171 Å². The van der Waals surface area contributed by atoms with Gasteiger partial charge in [-0.25, -0.2) is 4.79 Å². The Bertz CT molecular complexity index is 656. The number of carboxylic acids is 1. The van der Waals surface area contributed by atoms with Crippen LogP contribution in [0.4, 0.5) is 5.69 Å². The second kappa shape index (κ2) is 9.39. The SMILES string of the molecule is O=C(O)C1(Nc2ccccc2)CCN(CCc2ccccc2)CC1.[Na]. The number of aliphatic carboxylic acids is 1. The minimum Gasteiger partial charge on any atom is -0.480 e. The molecule has 2 aromatic rings. The molecule has 1 fully saturated rings. The fraction of sp³-hybridized carbons (Fsp3) is 0.350. The molecule has 0 atom stereocenters. The topological polar surface area (TPSA) is 52.6 Å². The number of benzene rings is 2. The summed E-state index contributed by atoms with van der Waals surface area (Å²) in [6.45, 7) is 2.59. The van der Waals surface area contributed by atoms with E-state index in [1.807, 2.05) is 36.4 Å². The largest absolute Gasteiger partial charge is 0.480 e. The summed E-state index contributed by atoms with van der Waals surface area (Å²) in [7, 11) is 0. The molecule has 1 radical (unpaired) electrons. The summed E-state index contributed by atoms with van der Waals surface area (Å²) in [5.74, 6) is -0.755. The molecular formula is C20H24N2NaO2. The van der Waals surface area contributed by atoms with Crippen LogP contribution in [0.3, 0.4) is 0 Å². The van der Waals surface area contributed by atoms with E-state index < -0.39 is 11.5 Å². The predicted octanol–water partition coefficient (Wildman–Crippen LogP) is 2.88. The minimum atomic E-state index is -0.857. The number of likely N-dealkylation sites (tertiary alicyclic amines) is 1. The summed E-state index contributed by atoms with van der Waals surface area (Å²) in [4.78, 5) is 14.2. The predicted molar refractivity (Wildman–Crippen MR) is 102 cm³/mol. The monoisotopic (exact) mass is 347 g/mol. The van der Waals surface area contributed by atoms with Crippen molar-refractivity contribution in [3.63, 3.8) is 0 Å². The average molecular weight is 347 g/mol. The molecule has 0 amide bonds. The molecule has 0 aromatic heterocycles. The summed E-state index contributed by atoms with van der Waals surface area (Å²) in [5, 5.41) is 13.0. The number of nitrogens with one attached hydrogen (secondary N) is 1. The van der Waals surface area contributed by atoms with Gasteiger partial charge in [-0.3, -0.25) is 0 Å².